The molecule has 21 heavy (non-hydrogen) atoms. The maximum Gasteiger partial charge on any atom is 0.354 e. The van der Waals surface area contributed by atoms with Gasteiger partial charge in [-0.15, -0.1) is 0 Å². The molecule has 2 aliphatic rings. The molecule has 0 amide bonds. The summed E-state index contributed by atoms with van der Waals surface area (Å²) in [6.45, 7) is 1.85. The molecule has 2 atom stereocenters. The van der Waals surface area contributed by atoms with E-state index in [4.69, 9.17) is 9.47 Å². The van der Waals surface area contributed by atoms with E-state index in [0.717, 1.165) is 0 Å². The minimum Gasteiger partial charge on any atom is -0.464 e. The average molecular weight is 288 g/mol. The Balaban J connectivity index is 2.06. The third kappa shape index (κ3) is 2.37. The molecular weight excluding hydrogens is 272 g/mol. The van der Waals surface area contributed by atoms with E-state index in [1.54, 1.807) is 17.1 Å². The molecule has 0 unspecified atom stereocenters. The molecular formula is C15H16N2O4. The fraction of sp³-hybridized carbons (Fsp3) is 0.400. The van der Waals surface area contributed by atoms with E-state index in [1.165, 1.54) is 7.11 Å². The number of cyclic esters (lactones) is 1. The second-order valence-corrected chi connectivity index (χ2v) is 5.21. The predicted molar refractivity (Wildman–Crippen MR) is 76.3 cm³/mol. The van der Waals surface area contributed by atoms with Crippen LogP contribution in [0.25, 0.3) is 0 Å². The Labute approximate surface area is 122 Å². The molecule has 0 spiro atoms. The van der Waals surface area contributed by atoms with Gasteiger partial charge < -0.3 is 9.47 Å². The van der Waals surface area contributed by atoms with E-state index in [0.29, 0.717) is 29.8 Å². The molecule has 110 valence electrons. The lowest BCUT2D eigenvalue weighted by molar-refractivity contribution is -0.132. The first-order chi connectivity index (χ1) is 10.1. The van der Waals surface area contributed by atoms with E-state index in [2.05, 4.69) is 5.10 Å². The first kappa shape index (κ1) is 13.6. The molecule has 2 heterocycles. The normalized spacial score (nSPS) is 24.2. The van der Waals surface area contributed by atoms with Crippen molar-refractivity contribution in [1.82, 2.24) is 0 Å². The molecule has 0 saturated heterocycles. The second-order valence-electron chi connectivity index (χ2n) is 5.21. The number of hydrogen-bond donors (Lipinski definition) is 0. The van der Waals surface area contributed by atoms with Crippen LogP contribution in [0.4, 0.5) is 5.69 Å². The number of ether oxygens (including phenoxy) is 2. The Kier molecular flexibility index (Phi) is 3.37. The number of fused-ring (bicyclic) bond motifs is 3. The molecule has 0 saturated carbocycles. The molecule has 1 aromatic carbocycles. The van der Waals surface area contributed by atoms with Crippen LogP contribution >= 0.6 is 0 Å². The largest absolute Gasteiger partial charge is 0.464 e. The number of methoxy groups -OCH3 is 1. The Bertz CT molecular complexity index is 626. The van der Waals surface area contributed by atoms with Crippen LogP contribution in [0.3, 0.4) is 0 Å². The molecule has 0 aromatic heterocycles. The van der Waals surface area contributed by atoms with E-state index >= 15 is 0 Å². The monoisotopic (exact) mass is 288 g/mol. The second kappa shape index (κ2) is 5.20. The summed E-state index contributed by atoms with van der Waals surface area (Å²) >= 11 is 0. The van der Waals surface area contributed by atoms with Crippen molar-refractivity contribution < 1.29 is 19.1 Å². The van der Waals surface area contributed by atoms with Crippen LogP contribution in [-0.2, 0) is 14.3 Å². The van der Waals surface area contributed by atoms with Gasteiger partial charge in [0.2, 0.25) is 0 Å². The Hall–Kier alpha value is -2.37. The minimum atomic E-state index is -0.431. The number of anilines is 1. The van der Waals surface area contributed by atoms with Crippen molar-refractivity contribution in [3.8, 4) is 0 Å². The van der Waals surface area contributed by atoms with E-state index in [-0.39, 0.29) is 18.1 Å². The molecule has 2 aliphatic heterocycles. The molecule has 6 heteroatoms. The van der Waals surface area contributed by atoms with Gasteiger partial charge in [0.05, 0.1) is 24.4 Å². The lowest BCUT2D eigenvalue weighted by Gasteiger charge is -2.30. The van der Waals surface area contributed by atoms with Crippen molar-refractivity contribution in [3.05, 3.63) is 29.8 Å². The number of nitrogens with zero attached hydrogens (tertiary/aromatic N) is 2. The first-order valence-electron chi connectivity index (χ1n) is 6.85. The summed E-state index contributed by atoms with van der Waals surface area (Å²) in [5.74, 6) is -0.794. The predicted octanol–water partition coefficient (Wildman–Crippen LogP) is 1.74. The Morgan fingerprint density at radius 1 is 1.43 bits per heavy atom. The van der Waals surface area contributed by atoms with E-state index in [1.807, 2.05) is 19.1 Å². The molecule has 3 rings (SSSR count). The number of esters is 2. The molecule has 1 aromatic rings. The number of benzene rings is 1. The number of hydrogen-bond acceptors (Lipinski definition) is 6. The third-order valence-electron chi connectivity index (χ3n) is 3.71. The van der Waals surface area contributed by atoms with Gasteiger partial charge in [0, 0.05) is 12.8 Å². The van der Waals surface area contributed by atoms with Crippen molar-refractivity contribution >= 4 is 23.3 Å². The van der Waals surface area contributed by atoms with Gasteiger partial charge in [-0.05, 0) is 19.1 Å². The highest BCUT2D eigenvalue weighted by Gasteiger charge is 2.37. The molecule has 0 aliphatic carbocycles. The summed E-state index contributed by atoms with van der Waals surface area (Å²) in [5.41, 5.74) is 1.50. The van der Waals surface area contributed by atoms with E-state index < -0.39 is 5.97 Å². The van der Waals surface area contributed by atoms with Crippen LogP contribution in [0.15, 0.2) is 29.4 Å². The molecule has 0 N–H and O–H groups in total. The number of carbonyl (C=O) groups is 2. The zero-order valence-electron chi connectivity index (χ0n) is 11.9. The lowest BCUT2D eigenvalue weighted by Crippen LogP contribution is -2.35. The highest BCUT2D eigenvalue weighted by atomic mass is 16.5. The highest BCUT2D eigenvalue weighted by Crippen LogP contribution is 2.33. The maximum atomic E-state index is 12.1. The number of rotatable bonds is 1. The molecule has 0 bridgehead atoms. The smallest absolute Gasteiger partial charge is 0.354 e. The van der Waals surface area contributed by atoms with Crippen LogP contribution in [0.5, 0.6) is 0 Å². The van der Waals surface area contributed by atoms with Crippen molar-refractivity contribution in [2.75, 3.05) is 12.1 Å². The first-order valence-corrected chi connectivity index (χ1v) is 6.85. The minimum absolute atomic E-state index is 0.0108. The van der Waals surface area contributed by atoms with Gasteiger partial charge in [-0.3, -0.25) is 5.01 Å². The van der Waals surface area contributed by atoms with Crippen LogP contribution < -0.4 is 5.01 Å². The summed E-state index contributed by atoms with van der Waals surface area (Å²) in [6, 6.07) is 7.12. The summed E-state index contributed by atoms with van der Waals surface area (Å²) in [4.78, 5) is 23.8. The van der Waals surface area contributed by atoms with Gasteiger partial charge in [-0.25, -0.2) is 9.59 Å². The zero-order chi connectivity index (χ0) is 15.0. The summed E-state index contributed by atoms with van der Waals surface area (Å²) in [7, 11) is 1.34. The number of para-hydroxylation sites is 1. The summed E-state index contributed by atoms with van der Waals surface area (Å²) in [6.07, 6.45) is 0.873. The number of carbonyl (C=O) groups excluding carboxylic acids is 2. The quantitative estimate of drug-likeness (QED) is 0.736. The van der Waals surface area contributed by atoms with Gasteiger partial charge in [0.1, 0.15) is 11.8 Å². The van der Waals surface area contributed by atoms with Crippen LogP contribution in [0.1, 0.15) is 30.1 Å². The van der Waals surface area contributed by atoms with Crippen molar-refractivity contribution in [2.24, 2.45) is 5.10 Å². The molecule has 0 fully saturated rings. The van der Waals surface area contributed by atoms with Gasteiger partial charge in [0.15, 0.2) is 0 Å². The Morgan fingerprint density at radius 2 is 2.19 bits per heavy atom. The summed E-state index contributed by atoms with van der Waals surface area (Å²) in [5, 5.41) is 6.11. The lowest BCUT2D eigenvalue weighted by atomic mass is 10.0. The van der Waals surface area contributed by atoms with Crippen LogP contribution in [0.2, 0.25) is 0 Å². The molecule has 0 radical (unpaired) electrons. The number of hydrazone groups is 1. The Morgan fingerprint density at radius 3 is 2.95 bits per heavy atom. The standard InChI is InChI=1S/C15H16N2O4/c1-9-7-10-8-12(15(19)20-2)16-17(10)13-6-4-3-5-11(13)14(18)21-9/h3-6,9-10H,7-8H2,1-2H3/t9-,10-/m0/s1. The van der Waals surface area contributed by atoms with Gasteiger partial charge in [0.25, 0.3) is 0 Å². The van der Waals surface area contributed by atoms with Crippen LogP contribution in [0, 0.1) is 0 Å². The fourth-order valence-corrected chi connectivity index (χ4v) is 2.76. The maximum absolute atomic E-state index is 12.1. The van der Waals surface area contributed by atoms with Gasteiger partial charge in [-0.1, -0.05) is 12.1 Å². The fourth-order valence-electron chi connectivity index (χ4n) is 2.76. The van der Waals surface area contributed by atoms with Gasteiger partial charge in [-0.2, -0.15) is 5.10 Å². The zero-order valence-corrected chi connectivity index (χ0v) is 11.9. The van der Waals surface area contributed by atoms with Crippen molar-refractivity contribution in [3.63, 3.8) is 0 Å². The molecule has 6 nitrogen and oxygen atoms in total. The van der Waals surface area contributed by atoms with Crippen LogP contribution in [-0.4, -0.2) is 36.9 Å². The topological polar surface area (TPSA) is 68.2 Å². The SMILES string of the molecule is COC(=O)C1=NN2c3ccccc3C(=O)O[C@@H](C)C[C@H]2C1. The van der Waals surface area contributed by atoms with Gasteiger partial charge >= 0.3 is 11.9 Å². The van der Waals surface area contributed by atoms with Crippen molar-refractivity contribution in [1.29, 1.82) is 0 Å². The van der Waals surface area contributed by atoms with Crippen molar-refractivity contribution in [2.45, 2.75) is 31.9 Å². The summed E-state index contributed by atoms with van der Waals surface area (Å²) < 4.78 is 10.2. The van der Waals surface area contributed by atoms with E-state index in [9.17, 15) is 9.59 Å². The highest BCUT2D eigenvalue weighted by molar-refractivity contribution is 6.37. The third-order valence-corrected chi connectivity index (χ3v) is 3.71. The average Bonchev–Trinajstić information content (AvgIpc) is 2.88.